The number of rotatable bonds is 5. The van der Waals surface area contributed by atoms with Crippen molar-refractivity contribution in [3.05, 3.63) is 58.1 Å². The molecule has 5 rings (SSSR count). The van der Waals surface area contributed by atoms with Crippen molar-refractivity contribution in [2.75, 3.05) is 57.0 Å². The molecule has 0 unspecified atom stereocenters. The molecule has 1 spiro atoms. The quantitative estimate of drug-likeness (QED) is 0.452. The molecule has 3 aliphatic heterocycles. The van der Waals surface area contributed by atoms with E-state index in [0.717, 1.165) is 55.9 Å². The molecule has 0 bridgehead atoms. The van der Waals surface area contributed by atoms with E-state index in [4.69, 9.17) is 23.2 Å². The van der Waals surface area contributed by atoms with E-state index in [1.54, 1.807) is 18.2 Å². The number of likely N-dealkylation sites (N-methyl/N-ethyl adjacent to an activating group) is 1. The van der Waals surface area contributed by atoms with Crippen molar-refractivity contribution >= 4 is 58.8 Å². The highest BCUT2D eigenvalue weighted by molar-refractivity contribution is 8.00. The van der Waals surface area contributed by atoms with Gasteiger partial charge >= 0.3 is 0 Å². The fourth-order valence-electron chi connectivity index (χ4n) is 4.90. The molecule has 3 heterocycles. The first-order chi connectivity index (χ1) is 17.3. The number of likely N-dealkylation sites (tertiary alicyclic amines) is 1. The van der Waals surface area contributed by atoms with Crippen LogP contribution in [0.5, 0.6) is 0 Å². The van der Waals surface area contributed by atoms with E-state index in [1.807, 2.05) is 29.2 Å². The molecule has 0 aliphatic carbocycles. The Bertz CT molecular complexity index is 1120. The summed E-state index contributed by atoms with van der Waals surface area (Å²) in [5.41, 5.74) is 1.83. The van der Waals surface area contributed by atoms with Crippen LogP contribution in [0.15, 0.2) is 47.4 Å². The Morgan fingerprint density at radius 3 is 2.44 bits per heavy atom. The topological polar surface area (TPSA) is 73.0 Å². The molecule has 3 saturated heterocycles. The minimum atomic E-state index is -0.0235. The summed E-state index contributed by atoms with van der Waals surface area (Å²) >= 11 is 13.7. The maximum absolute atomic E-state index is 12.7. The highest BCUT2D eigenvalue weighted by Crippen LogP contribution is 2.29. The van der Waals surface area contributed by atoms with Gasteiger partial charge in [0.05, 0.1) is 16.3 Å². The molecule has 3 aliphatic rings. The van der Waals surface area contributed by atoms with Gasteiger partial charge in [0, 0.05) is 66.9 Å². The number of anilines is 1. The van der Waals surface area contributed by atoms with E-state index in [1.165, 1.54) is 11.8 Å². The second-order valence-corrected chi connectivity index (χ2v) is 11.3. The summed E-state index contributed by atoms with van der Waals surface area (Å²) in [4.78, 5) is 41.1. The van der Waals surface area contributed by atoms with Gasteiger partial charge in [-0.2, -0.15) is 0 Å². The molecule has 2 aromatic carbocycles. The average Bonchev–Trinajstić information content (AvgIpc) is 3.24. The molecule has 192 valence electrons. The number of nitrogens with one attached hydrogen (secondary N) is 1. The predicted molar refractivity (Wildman–Crippen MR) is 145 cm³/mol. The van der Waals surface area contributed by atoms with Crippen LogP contribution in [0, 0.1) is 0 Å². The lowest BCUT2D eigenvalue weighted by molar-refractivity contribution is -0.120. The van der Waals surface area contributed by atoms with Gasteiger partial charge in [0.25, 0.3) is 5.91 Å². The van der Waals surface area contributed by atoms with Crippen LogP contribution >= 0.6 is 35.0 Å². The summed E-state index contributed by atoms with van der Waals surface area (Å²) in [6.45, 7) is 4.88. The highest BCUT2D eigenvalue weighted by Gasteiger charge is 2.45. The van der Waals surface area contributed by atoms with Gasteiger partial charge in [-0.05, 0) is 49.9 Å². The van der Waals surface area contributed by atoms with Crippen LogP contribution in [0.3, 0.4) is 0 Å². The van der Waals surface area contributed by atoms with Gasteiger partial charge in [-0.1, -0.05) is 29.3 Å². The Morgan fingerprint density at radius 2 is 1.86 bits per heavy atom. The standard InChI is InChI=1S/C19H18Cl2N2O2S.C7H12N2O/c20-15-2-1-3-16(13-15)22-6-8-23(9-7-22)19(25)14-4-5-18(17(21)12-14)26-11-10-24;1-9-4-7(5-9)3-2-6(10)8-7/h1-5,10,12-13H,6-9,11H2;2-5H2,1H3,(H,8,10). The molecule has 3 fully saturated rings. The first kappa shape index (κ1) is 26.8. The first-order valence-electron chi connectivity index (χ1n) is 11.9. The number of thioether (sulfide) groups is 1. The number of amides is 2. The fraction of sp³-hybridized carbons (Fsp3) is 0.423. The second kappa shape index (κ2) is 11.9. The van der Waals surface area contributed by atoms with E-state index >= 15 is 0 Å². The molecule has 10 heteroatoms. The third kappa shape index (κ3) is 6.54. The van der Waals surface area contributed by atoms with Crippen LogP contribution in [0.2, 0.25) is 10.0 Å². The normalized spacial score (nSPS) is 18.8. The van der Waals surface area contributed by atoms with Crippen molar-refractivity contribution in [1.29, 1.82) is 0 Å². The number of carbonyl (C=O) groups excluding carboxylic acids is 3. The van der Waals surface area contributed by atoms with Crippen molar-refractivity contribution in [3.8, 4) is 0 Å². The third-order valence-corrected chi connectivity index (χ3v) is 8.24. The lowest BCUT2D eigenvalue weighted by Gasteiger charge is -2.45. The zero-order valence-corrected chi connectivity index (χ0v) is 22.5. The van der Waals surface area contributed by atoms with E-state index in [-0.39, 0.29) is 17.4 Å². The van der Waals surface area contributed by atoms with Crippen LogP contribution in [-0.4, -0.2) is 85.5 Å². The van der Waals surface area contributed by atoms with Crippen molar-refractivity contribution in [1.82, 2.24) is 15.1 Å². The molecular formula is C26H30Cl2N4O3S. The number of halogens is 2. The van der Waals surface area contributed by atoms with E-state index in [2.05, 4.69) is 22.2 Å². The first-order valence-corrected chi connectivity index (χ1v) is 13.7. The monoisotopic (exact) mass is 548 g/mol. The number of nitrogens with zero attached hydrogens (tertiary/aromatic N) is 3. The van der Waals surface area contributed by atoms with Gasteiger partial charge in [0.15, 0.2) is 0 Å². The SMILES string of the molecule is CN1CC2(CCC(=O)N2)C1.O=CCSc1ccc(C(=O)N2CCN(c3cccc(Cl)c3)CC2)cc1Cl. The highest BCUT2D eigenvalue weighted by atomic mass is 35.5. The summed E-state index contributed by atoms with van der Waals surface area (Å²) < 4.78 is 0. The number of hydrogen-bond acceptors (Lipinski definition) is 6. The molecule has 36 heavy (non-hydrogen) atoms. The Balaban J connectivity index is 0.000000251. The van der Waals surface area contributed by atoms with Gasteiger partial charge in [0.1, 0.15) is 6.29 Å². The zero-order chi connectivity index (χ0) is 25.7. The van der Waals surface area contributed by atoms with Crippen LogP contribution in [0.4, 0.5) is 5.69 Å². The second-order valence-electron chi connectivity index (χ2n) is 9.38. The van der Waals surface area contributed by atoms with Crippen molar-refractivity contribution < 1.29 is 14.4 Å². The molecule has 7 nitrogen and oxygen atoms in total. The van der Waals surface area contributed by atoms with Crippen molar-refractivity contribution in [2.45, 2.75) is 23.3 Å². The molecular weight excluding hydrogens is 519 g/mol. The smallest absolute Gasteiger partial charge is 0.254 e. The Kier molecular flexibility index (Phi) is 8.83. The minimum absolute atomic E-state index is 0.0235. The number of piperazine rings is 1. The van der Waals surface area contributed by atoms with E-state index < -0.39 is 0 Å². The van der Waals surface area contributed by atoms with Gasteiger partial charge in [-0.3, -0.25) is 9.59 Å². The van der Waals surface area contributed by atoms with E-state index in [9.17, 15) is 14.4 Å². The number of hydrogen-bond donors (Lipinski definition) is 1. The molecule has 0 atom stereocenters. The summed E-state index contributed by atoms with van der Waals surface area (Å²) in [6.07, 6.45) is 2.60. The van der Waals surface area contributed by atoms with Gasteiger partial charge in [-0.15, -0.1) is 11.8 Å². The number of carbonyl (C=O) groups is 3. The predicted octanol–water partition coefficient (Wildman–Crippen LogP) is 3.83. The average molecular weight is 550 g/mol. The summed E-state index contributed by atoms with van der Waals surface area (Å²) in [7, 11) is 2.08. The number of benzene rings is 2. The van der Waals surface area contributed by atoms with Crippen molar-refractivity contribution in [3.63, 3.8) is 0 Å². The lowest BCUT2D eigenvalue weighted by atomic mass is 9.89. The van der Waals surface area contributed by atoms with Gasteiger partial charge in [-0.25, -0.2) is 0 Å². The Labute approximate surface area is 226 Å². The largest absolute Gasteiger partial charge is 0.368 e. The van der Waals surface area contributed by atoms with Crippen LogP contribution < -0.4 is 10.2 Å². The fourth-order valence-corrected chi connectivity index (χ4v) is 6.03. The maximum atomic E-state index is 12.7. The molecule has 1 N–H and O–H groups in total. The summed E-state index contributed by atoms with van der Waals surface area (Å²) in [6, 6.07) is 13.0. The maximum Gasteiger partial charge on any atom is 0.254 e. The molecule has 0 radical (unpaired) electrons. The molecule has 2 aromatic rings. The molecule has 0 aromatic heterocycles. The van der Waals surface area contributed by atoms with E-state index in [0.29, 0.717) is 34.5 Å². The summed E-state index contributed by atoms with van der Waals surface area (Å²) in [5.74, 6) is 0.552. The van der Waals surface area contributed by atoms with Crippen molar-refractivity contribution in [2.24, 2.45) is 0 Å². The van der Waals surface area contributed by atoms with Crippen LogP contribution in [0.1, 0.15) is 23.2 Å². The van der Waals surface area contributed by atoms with Crippen LogP contribution in [-0.2, 0) is 9.59 Å². The lowest BCUT2D eigenvalue weighted by Crippen LogP contribution is -2.65. The third-order valence-electron chi connectivity index (χ3n) is 6.61. The minimum Gasteiger partial charge on any atom is -0.368 e. The molecule has 0 saturated carbocycles. The summed E-state index contributed by atoms with van der Waals surface area (Å²) in [5, 5.41) is 4.23. The van der Waals surface area contributed by atoms with Gasteiger partial charge in [0.2, 0.25) is 5.91 Å². The zero-order valence-electron chi connectivity index (χ0n) is 20.2. The van der Waals surface area contributed by atoms with Crippen LogP contribution in [0.25, 0.3) is 0 Å². The number of aldehydes is 1. The molecule has 2 amide bonds. The Hall–Kier alpha value is -2.26. The van der Waals surface area contributed by atoms with Gasteiger partial charge < -0.3 is 24.8 Å². The Morgan fingerprint density at radius 1 is 1.11 bits per heavy atom.